The van der Waals surface area contributed by atoms with Gasteiger partial charge < -0.3 is 19.9 Å². The Labute approximate surface area is 178 Å². The number of hydrogen-bond acceptors (Lipinski definition) is 5. The predicted octanol–water partition coefficient (Wildman–Crippen LogP) is 3.85. The molecule has 3 atom stereocenters. The maximum atomic E-state index is 12.8. The van der Waals surface area contributed by atoms with Crippen molar-refractivity contribution in [2.45, 2.75) is 38.8 Å². The maximum absolute atomic E-state index is 12.8. The Hall–Kier alpha value is -2.60. The fraction of sp³-hybridized carbons (Fsp3) is 0.500. The molecule has 0 spiro atoms. The Bertz CT molecular complexity index is 909. The van der Waals surface area contributed by atoms with Crippen LogP contribution >= 0.6 is 0 Å². The number of carbonyl (C=O) groups excluding carboxylic acids is 1. The van der Waals surface area contributed by atoms with Gasteiger partial charge in [-0.15, -0.1) is 0 Å². The third-order valence-corrected chi connectivity index (χ3v) is 6.68. The van der Waals surface area contributed by atoms with Gasteiger partial charge in [0.05, 0.1) is 30.6 Å². The Kier molecular flexibility index (Phi) is 5.11. The fourth-order valence-corrected chi connectivity index (χ4v) is 5.07. The summed E-state index contributed by atoms with van der Waals surface area (Å²) in [5, 5.41) is 3.75. The molecule has 2 unspecified atom stereocenters. The smallest absolute Gasteiger partial charge is 0.224 e. The van der Waals surface area contributed by atoms with Gasteiger partial charge in [-0.2, -0.15) is 0 Å². The molecule has 1 saturated carbocycles. The number of para-hydroxylation sites is 1. The minimum Gasteiger partial charge on any atom is -0.378 e. The molecule has 1 N–H and O–H groups in total. The molecule has 2 aliphatic heterocycles. The van der Waals surface area contributed by atoms with E-state index in [9.17, 15) is 4.79 Å². The third kappa shape index (κ3) is 3.54. The first-order valence-corrected chi connectivity index (χ1v) is 11.1. The number of fused-ring (bicyclic) bond motifs is 1. The van der Waals surface area contributed by atoms with E-state index in [0.717, 1.165) is 49.2 Å². The summed E-state index contributed by atoms with van der Waals surface area (Å²) in [6.07, 6.45) is 2.40. The van der Waals surface area contributed by atoms with Crippen LogP contribution in [0.5, 0.6) is 0 Å². The largest absolute Gasteiger partial charge is 0.378 e. The van der Waals surface area contributed by atoms with Crippen LogP contribution in [0.3, 0.4) is 0 Å². The quantitative estimate of drug-likeness (QED) is 0.836. The second-order valence-electron chi connectivity index (χ2n) is 8.74. The number of nitrogens with one attached hydrogen (secondary N) is 1. The Morgan fingerprint density at radius 3 is 2.50 bits per heavy atom. The molecule has 2 aromatic rings. The molecule has 5 rings (SSSR count). The highest BCUT2D eigenvalue weighted by molar-refractivity contribution is 5.94. The summed E-state index contributed by atoms with van der Waals surface area (Å²) in [6.45, 7) is 7.10. The summed E-state index contributed by atoms with van der Waals surface area (Å²) < 4.78 is 5.51. The normalized spacial score (nSPS) is 26.3. The van der Waals surface area contributed by atoms with Gasteiger partial charge in [-0.05, 0) is 43.0 Å². The van der Waals surface area contributed by atoms with Crippen molar-refractivity contribution >= 4 is 23.1 Å². The van der Waals surface area contributed by atoms with Crippen molar-refractivity contribution in [3.63, 3.8) is 0 Å². The average Bonchev–Trinajstić information content (AvgIpc) is 3.61. The van der Waals surface area contributed by atoms with Gasteiger partial charge in [-0.3, -0.25) is 4.79 Å². The number of carbonyl (C=O) groups is 1. The number of rotatable bonds is 4. The van der Waals surface area contributed by atoms with Gasteiger partial charge in [0.15, 0.2) is 0 Å². The lowest BCUT2D eigenvalue weighted by Crippen LogP contribution is -2.51. The molecule has 30 heavy (non-hydrogen) atoms. The van der Waals surface area contributed by atoms with Crippen LogP contribution in [0.15, 0.2) is 42.5 Å². The summed E-state index contributed by atoms with van der Waals surface area (Å²) in [7, 11) is 0. The van der Waals surface area contributed by atoms with E-state index in [-0.39, 0.29) is 23.9 Å². The van der Waals surface area contributed by atoms with Crippen LogP contribution in [0, 0.1) is 11.8 Å². The monoisotopic (exact) mass is 406 g/mol. The second kappa shape index (κ2) is 7.91. The number of benzene rings is 1. The van der Waals surface area contributed by atoms with Crippen molar-refractivity contribution in [1.29, 1.82) is 0 Å². The highest BCUT2D eigenvalue weighted by Crippen LogP contribution is 2.49. The molecule has 1 amide bonds. The molecule has 6 nitrogen and oxygen atoms in total. The zero-order valence-corrected chi connectivity index (χ0v) is 17.8. The van der Waals surface area contributed by atoms with E-state index in [1.54, 1.807) is 6.92 Å². The molecule has 1 aromatic heterocycles. The molecule has 6 heteroatoms. The highest BCUT2D eigenvalue weighted by Gasteiger charge is 2.48. The highest BCUT2D eigenvalue weighted by atomic mass is 16.5. The first-order chi connectivity index (χ1) is 14.6. The van der Waals surface area contributed by atoms with E-state index in [1.807, 2.05) is 11.0 Å². The van der Waals surface area contributed by atoms with Gasteiger partial charge in [0.25, 0.3) is 0 Å². The predicted molar refractivity (Wildman–Crippen MR) is 119 cm³/mol. The summed E-state index contributed by atoms with van der Waals surface area (Å²) in [5.41, 5.74) is 3.02. The SMILES string of the molecule is CC(=O)N1c2ccc(N3CCOCC3)nc2C(Nc2ccccc2)[C@@H](C)C1C1CC1. The number of nitrogens with zero attached hydrogens (tertiary/aromatic N) is 3. The topological polar surface area (TPSA) is 57.7 Å². The Morgan fingerprint density at radius 1 is 1.10 bits per heavy atom. The molecule has 1 saturated heterocycles. The van der Waals surface area contributed by atoms with Crippen LogP contribution in [-0.2, 0) is 9.53 Å². The molecule has 2 fully saturated rings. The van der Waals surface area contributed by atoms with E-state index < -0.39 is 0 Å². The van der Waals surface area contributed by atoms with Crippen molar-refractivity contribution in [2.24, 2.45) is 11.8 Å². The number of hydrogen-bond donors (Lipinski definition) is 1. The first kappa shape index (κ1) is 19.4. The summed E-state index contributed by atoms with van der Waals surface area (Å²) >= 11 is 0. The summed E-state index contributed by atoms with van der Waals surface area (Å²) in [5.74, 6) is 1.93. The van der Waals surface area contributed by atoms with E-state index in [0.29, 0.717) is 5.92 Å². The average molecular weight is 407 g/mol. The van der Waals surface area contributed by atoms with Gasteiger partial charge in [-0.1, -0.05) is 25.1 Å². The van der Waals surface area contributed by atoms with E-state index in [1.165, 1.54) is 12.8 Å². The van der Waals surface area contributed by atoms with E-state index in [2.05, 4.69) is 53.5 Å². The number of amides is 1. The van der Waals surface area contributed by atoms with Gasteiger partial charge in [-0.25, -0.2) is 4.98 Å². The van der Waals surface area contributed by atoms with E-state index in [4.69, 9.17) is 9.72 Å². The molecule has 0 bridgehead atoms. The zero-order chi connectivity index (χ0) is 20.7. The Balaban J connectivity index is 1.58. The number of morpholine rings is 1. The molecular formula is C24H30N4O2. The number of aromatic nitrogens is 1. The van der Waals surface area contributed by atoms with E-state index >= 15 is 0 Å². The van der Waals surface area contributed by atoms with Gasteiger partial charge in [0.2, 0.25) is 5.91 Å². The Morgan fingerprint density at radius 2 is 1.83 bits per heavy atom. The zero-order valence-electron chi connectivity index (χ0n) is 17.8. The lowest BCUT2D eigenvalue weighted by molar-refractivity contribution is -0.117. The standard InChI is InChI=1S/C24H30N4O2/c1-16-22(25-19-6-4-3-5-7-19)23-20(28(17(2)29)24(16)18-8-9-18)10-11-21(26-23)27-12-14-30-15-13-27/h3-7,10-11,16,18,22,24-25H,8-9,12-15H2,1-2H3/t16-,22?,24?/m1/s1. The molecule has 3 aliphatic rings. The van der Waals surface area contributed by atoms with Crippen molar-refractivity contribution in [1.82, 2.24) is 4.98 Å². The molecule has 1 aromatic carbocycles. The number of ether oxygens (including phenoxy) is 1. The van der Waals surface area contributed by atoms with Crippen molar-refractivity contribution in [3.05, 3.63) is 48.2 Å². The van der Waals surface area contributed by atoms with Crippen LogP contribution in [0.4, 0.5) is 17.2 Å². The molecule has 158 valence electrons. The van der Waals surface area contributed by atoms with Crippen molar-refractivity contribution < 1.29 is 9.53 Å². The lowest BCUT2D eigenvalue weighted by Gasteiger charge is -2.45. The molecular weight excluding hydrogens is 376 g/mol. The molecule has 3 heterocycles. The van der Waals surface area contributed by atoms with Gasteiger partial charge in [0.1, 0.15) is 5.82 Å². The van der Waals surface area contributed by atoms with Crippen LogP contribution in [0.2, 0.25) is 0 Å². The van der Waals surface area contributed by atoms with Crippen LogP contribution in [0.25, 0.3) is 0 Å². The third-order valence-electron chi connectivity index (χ3n) is 6.68. The van der Waals surface area contributed by atoms with Gasteiger partial charge in [0, 0.05) is 37.7 Å². The van der Waals surface area contributed by atoms with Crippen LogP contribution in [-0.4, -0.2) is 43.2 Å². The molecule has 1 aliphatic carbocycles. The minimum absolute atomic E-state index is 0.0598. The fourth-order valence-electron chi connectivity index (χ4n) is 5.07. The second-order valence-corrected chi connectivity index (χ2v) is 8.74. The minimum atomic E-state index is 0.0598. The molecule has 0 radical (unpaired) electrons. The van der Waals surface area contributed by atoms with Crippen LogP contribution < -0.4 is 15.1 Å². The van der Waals surface area contributed by atoms with Crippen molar-refractivity contribution in [3.8, 4) is 0 Å². The first-order valence-electron chi connectivity index (χ1n) is 11.1. The number of anilines is 3. The maximum Gasteiger partial charge on any atom is 0.224 e. The van der Waals surface area contributed by atoms with Gasteiger partial charge >= 0.3 is 0 Å². The lowest BCUT2D eigenvalue weighted by atomic mass is 9.82. The van der Waals surface area contributed by atoms with Crippen molar-refractivity contribution in [2.75, 3.05) is 41.4 Å². The van der Waals surface area contributed by atoms with Crippen LogP contribution in [0.1, 0.15) is 38.4 Å². The summed E-state index contributed by atoms with van der Waals surface area (Å²) in [4.78, 5) is 22.2. The summed E-state index contributed by atoms with van der Waals surface area (Å²) in [6, 6.07) is 14.8. The number of pyridine rings is 1.